The van der Waals surface area contributed by atoms with E-state index in [1.165, 1.54) is 0 Å². The highest BCUT2D eigenvalue weighted by Crippen LogP contribution is 2.20. The summed E-state index contributed by atoms with van der Waals surface area (Å²) in [4.78, 5) is 0. The van der Waals surface area contributed by atoms with Crippen molar-refractivity contribution in [2.24, 2.45) is 0 Å². The van der Waals surface area contributed by atoms with Gasteiger partial charge in [0.15, 0.2) is 0 Å². The van der Waals surface area contributed by atoms with E-state index in [4.69, 9.17) is 13.7 Å². The maximum Gasteiger partial charge on any atom is 0.267 e. The van der Waals surface area contributed by atoms with Gasteiger partial charge >= 0.3 is 0 Å². The molecular formula is C28H31N3O5S. The molecule has 0 saturated heterocycles. The number of hydrogen-bond acceptors (Lipinski definition) is 7. The fraction of sp³-hybridized carbons (Fsp3) is 0.286. The predicted molar refractivity (Wildman–Crippen MR) is 143 cm³/mol. The van der Waals surface area contributed by atoms with Crippen LogP contribution in [-0.2, 0) is 38.8 Å². The van der Waals surface area contributed by atoms with E-state index in [-0.39, 0.29) is 12.4 Å². The molecule has 3 aromatic carbocycles. The van der Waals surface area contributed by atoms with Crippen molar-refractivity contribution in [2.45, 2.75) is 32.6 Å². The zero-order valence-corrected chi connectivity index (χ0v) is 21.5. The van der Waals surface area contributed by atoms with Crippen LogP contribution in [0.25, 0.3) is 16.8 Å². The third kappa shape index (κ3) is 8.52. The van der Waals surface area contributed by atoms with Crippen LogP contribution in [-0.4, -0.2) is 42.4 Å². The minimum atomic E-state index is -3.62. The van der Waals surface area contributed by atoms with E-state index in [9.17, 15) is 8.42 Å². The summed E-state index contributed by atoms with van der Waals surface area (Å²) < 4.78 is 42.5. The Morgan fingerprint density at radius 3 is 2.54 bits per heavy atom. The highest BCUT2D eigenvalue weighted by Gasteiger charge is 2.12. The molecule has 0 amide bonds. The second-order valence-electron chi connectivity index (χ2n) is 8.56. The van der Waals surface area contributed by atoms with E-state index in [0.29, 0.717) is 44.9 Å². The van der Waals surface area contributed by atoms with Crippen molar-refractivity contribution >= 4 is 27.0 Å². The van der Waals surface area contributed by atoms with Gasteiger partial charge in [0.2, 0.25) is 0 Å². The van der Waals surface area contributed by atoms with Crippen LogP contribution in [0, 0.1) is 0 Å². The average Bonchev–Trinajstić information content (AvgIpc) is 3.36. The number of nitrogens with zero attached hydrogens (tertiary/aromatic N) is 3. The molecule has 37 heavy (non-hydrogen) atoms. The Morgan fingerprint density at radius 1 is 0.919 bits per heavy atom. The molecule has 0 bridgehead atoms. The fourth-order valence-electron chi connectivity index (χ4n) is 3.69. The summed E-state index contributed by atoms with van der Waals surface area (Å²) in [5.41, 5.74) is 2.81. The van der Waals surface area contributed by atoms with Gasteiger partial charge in [0.1, 0.15) is 11.4 Å². The molecule has 4 aromatic rings. The quantitative estimate of drug-likeness (QED) is 0.161. The molecule has 0 aliphatic heterocycles. The third-order valence-corrected chi connectivity index (χ3v) is 6.96. The van der Waals surface area contributed by atoms with Gasteiger partial charge in [0.05, 0.1) is 38.4 Å². The predicted octanol–water partition coefficient (Wildman–Crippen LogP) is 5.00. The minimum Gasteiger partial charge on any atom is -0.493 e. The van der Waals surface area contributed by atoms with E-state index >= 15 is 0 Å². The standard InChI is InChI=1S/C28H31N3O5S/c1-2-23-9-11-24(12-10-23)21-34-22-27-20-31(30-29-27)15-5-18-37(32,33)36-17-6-16-35-28-14-13-25-7-3-4-8-26(25)19-28/h2-4,7-14,19-20H,1,5-6,15-18,21-22H2. The molecule has 0 unspecified atom stereocenters. The van der Waals surface area contributed by atoms with Crippen LogP contribution in [0.2, 0.25) is 0 Å². The average molecular weight is 522 g/mol. The first kappa shape index (κ1) is 26.5. The van der Waals surface area contributed by atoms with Gasteiger partial charge in [-0.2, -0.15) is 8.42 Å². The first-order valence-electron chi connectivity index (χ1n) is 12.2. The van der Waals surface area contributed by atoms with Crippen LogP contribution in [0.3, 0.4) is 0 Å². The topological polar surface area (TPSA) is 92.5 Å². The second kappa shape index (κ2) is 13.1. The molecule has 1 heterocycles. The molecule has 0 atom stereocenters. The smallest absolute Gasteiger partial charge is 0.267 e. The minimum absolute atomic E-state index is 0.0804. The van der Waals surface area contributed by atoms with Crippen LogP contribution >= 0.6 is 0 Å². The highest BCUT2D eigenvalue weighted by atomic mass is 32.2. The lowest BCUT2D eigenvalue weighted by atomic mass is 10.1. The number of hydrogen-bond donors (Lipinski definition) is 0. The highest BCUT2D eigenvalue weighted by molar-refractivity contribution is 7.86. The maximum absolute atomic E-state index is 12.2. The molecule has 9 heteroatoms. The van der Waals surface area contributed by atoms with Gasteiger partial charge in [0.25, 0.3) is 10.1 Å². The zero-order valence-electron chi connectivity index (χ0n) is 20.7. The number of ether oxygens (including phenoxy) is 2. The monoisotopic (exact) mass is 521 g/mol. The molecule has 0 radical (unpaired) electrons. The maximum atomic E-state index is 12.2. The Balaban J connectivity index is 1.09. The molecule has 0 aliphatic carbocycles. The van der Waals surface area contributed by atoms with Crippen molar-refractivity contribution in [3.05, 3.63) is 96.3 Å². The molecule has 0 spiro atoms. The Hall–Kier alpha value is -3.53. The summed E-state index contributed by atoms with van der Waals surface area (Å²) in [6, 6.07) is 21.9. The third-order valence-electron chi connectivity index (χ3n) is 5.64. The Bertz CT molecular complexity index is 1400. The lowest BCUT2D eigenvalue weighted by molar-refractivity contribution is 0.104. The van der Waals surface area contributed by atoms with Gasteiger partial charge < -0.3 is 9.47 Å². The molecule has 0 aliphatic rings. The molecule has 4 rings (SSSR count). The summed E-state index contributed by atoms with van der Waals surface area (Å²) in [7, 11) is -3.62. The molecule has 194 valence electrons. The number of rotatable bonds is 15. The van der Waals surface area contributed by atoms with Crippen LogP contribution in [0.1, 0.15) is 29.7 Å². The van der Waals surface area contributed by atoms with Gasteiger partial charge in [-0.05, 0) is 40.5 Å². The van der Waals surface area contributed by atoms with Crippen molar-refractivity contribution in [1.29, 1.82) is 0 Å². The van der Waals surface area contributed by atoms with Gasteiger partial charge in [-0.15, -0.1) is 5.10 Å². The lowest BCUT2D eigenvalue weighted by Crippen LogP contribution is -2.15. The summed E-state index contributed by atoms with van der Waals surface area (Å²) >= 11 is 0. The zero-order chi connectivity index (χ0) is 25.9. The summed E-state index contributed by atoms with van der Waals surface area (Å²) in [6.45, 7) is 5.41. The van der Waals surface area contributed by atoms with Gasteiger partial charge in [-0.1, -0.05) is 72.5 Å². The normalized spacial score (nSPS) is 11.6. The Labute approximate surface area is 217 Å². The van der Waals surface area contributed by atoms with Crippen LogP contribution in [0.4, 0.5) is 0 Å². The molecule has 0 N–H and O–H groups in total. The van der Waals surface area contributed by atoms with Crippen molar-refractivity contribution in [3.63, 3.8) is 0 Å². The second-order valence-corrected chi connectivity index (χ2v) is 10.3. The summed E-state index contributed by atoms with van der Waals surface area (Å²) in [5, 5.41) is 10.4. The lowest BCUT2D eigenvalue weighted by Gasteiger charge is -2.08. The van der Waals surface area contributed by atoms with Crippen molar-refractivity contribution in [1.82, 2.24) is 15.0 Å². The molecule has 8 nitrogen and oxygen atoms in total. The largest absolute Gasteiger partial charge is 0.493 e. The van der Waals surface area contributed by atoms with E-state index in [1.54, 1.807) is 17.0 Å². The van der Waals surface area contributed by atoms with Crippen molar-refractivity contribution < 1.29 is 22.1 Å². The Morgan fingerprint density at radius 2 is 1.73 bits per heavy atom. The number of aromatic nitrogens is 3. The van der Waals surface area contributed by atoms with E-state index < -0.39 is 10.1 Å². The van der Waals surface area contributed by atoms with Crippen molar-refractivity contribution in [2.75, 3.05) is 19.0 Å². The van der Waals surface area contributed by atoms with Crippen LogP contribution < -0.4 is 4.74 Å². The first-order chi connectivity index (χ1) is 18.0. The first-order valence-corrected chi connectivity index (χ1v) is 13.8. The molecule has 0 fully saturated rings. The molecule has 0 saturated carbocycles. The molecule has 1 aromatic heterocycles. The van der Waals surface area contributed by atoms with E-state index in [1.807, 2.05) is 66.7 Å². The van der Waals surface area contributed by atoms with Crippen LogP contribution in [0.15, 0.2) is 79.5 Å². The number of benzene rings is 3. The molecular weight excluding hydrogens is 490 g/mol. The number of aryl methyl sites for hydroxylation is 1. The fourth-order valence-corrected chi connectivity index (χ4v) is 4.66. The summed E-state index contributed by atoms with van der Waals surface area (Å²) in [5.74, 6) is 0.659. The summed E-state index contributed by atoms with van der Waals surface area (Å²) in [6.07, 6.45) is 4.40. The van der Waals surface area contributed by atoms with Crippen LogP contribution in [0.5, 0.6) is 5.75 Å². The van der Waals surface area contributed by atoms with Gasteiger partial charge in [-0.3, -0.25) is 8.86 Å². The van der Waals surface area contributed by atoms with Crippen molar-refractivity contribution in [3.8, 4) is 5.75 Å². The van der Waals surface area contributed by atoms with E-state index in [0.717, 1.165) is 27.6 Å². The number of fused-ring (bicyclic) bond motifs is 1. The van der Waals surface area contributed by atoms with Gasteiger partial charge in [0, 0.05) is 13.0 Å². The SMILES string of the molecule is C=Cc1ccc(COCc2cn(CCCS(=O)(=O)OCCCOc3ccc4ccccc4c3)nn2)cc1. The Kier molecular flexibility index (Phi) is 9.42. The van der Waals surface area contributed by atoms with Gasteiger partial charge in [-0.25, -0.2) is 0 Å². The van der Waals surface area contributed by atoms with E-state index in [2.05, 4.69) is 16.9 Å².